The quantitative estimate of drug-likeness (QED) is 0.841. The highest BCUT2D eigenvalue weighted by atomic mass is 79.9. The van der Waals surface area contributed by atoms with E-state index < -0.39 is 12.0 Å². The Balaban J connectivity index is 2.01. The van der Waals surface area contributed by atoms with Crippen LogP contribution in [0.1, 0.15) is 19.8 Å². The lowest BCUT2D eigenvalue weighted by molar-refractivity contribution is -0.147. The number of carboxylic acids is 1. The minimum atomic E-state index is -0.906. The summed E-state index contributed by atoms with van der Waals surface area (Å²) < 4.78 is 0.992. The van der Waals surface area contributed by atoms with Crippen LogP contribution < -0.4 is 0 Å². The van der Waals surface area contributed by atoms with Crippen LogP contribution in [0.4, 0.5) is 0 Å². The van der Waals surface area contributed by atoms with Crippen molar-refractivity contribution in [3.63, 3.8) is 0 Å². The van der Waals surface area contributed by atoms with Gasteiger partial charge in [-0.15, -0.1) is 11.8 Å². The molecule has 1 aromatic rings. The van der Waals surface area contributed by atoms with E-state index in [0.717, 1.165) is 15.8 Å². The van der Waals surface area contributed by atoms with Crippen LogP contribution in [0.15, 0.2) is 33.6 Å². The van der Waals surface area contributed by atoms with Crippen LogP contribution in [-0.4, -0.2) is 39.7 Å². The first-order chi connectivity index (χ1) is 9.49. The summed E-state index contributed by atoms with van der Waals surface area (Å²) in [4.78, 5) is 26.0. The van der Waals surface area contributed by atoms with E-state index in [1.807, 2.05) is 31.2 Å². The molecular formula is C14H16BrNO3S. The maximum absolute atomic E-state index is 12.4. The highest BCUT2D eigenvalue weighted by molar-refractivity contribution is 9.10. The molecule has 0 aromatic heterocycles. The molecular weight excluding hydrogens is 342 g/mol. The summed E-state index contributed by atoms with van der Waals surface area (Å²) in [6, 6.07) is 7.08. The maximum Gasteiger partial charge on any atom is 0.326 e. The van der Waals surface area contributed by atoms with Crippen LogP contribution in [0, 0.1) is 0 Å². The van der Waals surface area contributed by atoms with Crippen molar-refractivity contribution in [2.45, 2.75) is 36.0 Å². The SMILES string of the molecule is CC(Sc1ccc(Br)cc1)C(=O)N1CCC[C@@H]1C(=O)O. The average molecular weight is 358 g/mol. The third-order valence-electron chi connectivity index (χ3n) is 3.30. The van der Waals surface area contributed by atoms with E-state index >= 15 is 0 Å². The Morgan fingerprint density at radius 3 is 2.65 bits per heavy atom. The molecule has 108 valence electrons. The number of carbonyl (C=O) groups is 2. The summed E-state index contributed by atoms with van der Waals surface area (Å²) in [6.45, 7) is 2.37. The molecule has 20 heavy (non-hydrogen) atoms. The lowest BCUT2D eigenvalue weighted by Crippen LogP contribution is -2.43. The molecule has 4 nitrogen and oxygen atoms in total. The van der Waals surface area contributed by atoms with Gasteiger partial charge in [0.15, 0.2) is 0 Å². The summed E-state index contributed by atoms with van der Waals surface area (Å²) in [6.07, 6.45) is 1.31. The number of halogens is 1. The Morgan fingerprint density at radius 1 is 1.40 bits per heavy atom. The molecule has 1 amide bonds. The first kappa shape index (κ1) is 15.4. The number of carboxylic acid groups (broad SMARTS) is 1. The number of benzene rings is 1. The van der Waals surface area contributed by atoms with E-state index in [1.165, 1.54) is 16.7 Å². The minimum absolute atomic E-state index is 0.0946. The zero-order chi connectivity index (χ0) is 14.7. The van der Waals surface area contributed by atoms with E-state index in [1.54, 1.807) is 0 Å². The number of aliphatic carboxylic acids is 1. The normalized spacial score (nSPS) is 19.9. The fraction of sp³-hybridized carbons (Fsp3) is 0.429. The molecule has 1 saturated heterocycles. The third-order valence-corrected chi connectivity index (χ3v) is 4.92. The van der Waals surface area contributed by atoms with Crippen LogP contribution in [0.3, 0.4) is 0 Å². The number of carbonyl (C=O) groups excluding carboxylic acids is 1. The van der Waals surface area contributed by atoms with E-state index in [0.29, 0.717) is 13.0 Å². The number of hydrogen-bond donors (Lipinski definition) is 1. The Bertz CT molecular complexity index is 506. The Morgan fingerprint density at radius 2 is 2.05 bits per heavy atom. The molecule has 0 bridgehead atoms. The summed E-state index contributed by atoms with van der Waals surface area (Å²) in [5.41, 5.74) is 0. The Hall–Kier alpha value is -1.01. The molecule has 0 aliphatic carbocycles. The minimum Gasteiger partial charge on any atom is -0.480 e. The van der Waals surface area contributed by atoms with Crippen molar-refractivity contribution in [2.24, 2.45) is 0 Å². The molecule has 1 heterocycles. The molecule has 0 spiro atoms. The highest BCUT2D eigenvalue weighted by Crippen LogP contribution is 2.28. The third kappa shape index (κ3) is 3.55. The molecule has 0 radical (unpaired) electrons. The van der Waals surface area contributed by atoms with Crippen LogP contribution in [0.25, 0.3) is 0 Å². The molecule has 1 unspecified atom stereocenters. The van der Waals surface area contributed by atoms with E-state index in [4.69, 9.17) is 5.11 Å². The van der Waals surface area contributed by atoms with Gasteiger partial charge in [-0.05, 0) is 44.0 Å². The second-order valence-electron chi connectivity index (χ2n) is 4.74. The van der Waals surface area contributed by atoms with Crippen LogP contribution in [0.5, 0.6) is 0 Å². The van der Waals surface area contributed by atoms with Gasteiger partial charge < -0.3 is 10.0 Å². The Labute approximate surface area is 130 Å². The number of rotatable bonds is 4. The molecule has 6 heteroatoms. The number of likely N-dealkylation sites (tertiary alicyclic amines) is 1. The first-order valence-electron chi connectivity index (χ1n) is 6.44. The number of amides is 1. The predicted molar refractivity (Wildman–Crippen MR) is 81.8 cm³/mol. The van der Waals surface area contributed by atoms with Crippen molar-refractivity contribution in [2.75, 3.05) is 6.54 Å². The molecule has 2 atom stereocenters. The topological polar surface area (TPSA) is 57.6 Å². The summed E-state index contributed by atoms with van der Waals surface area (Å²) in [5, 5.41) is 8.85. The average Bonchev–Trinajstić information content (AvgIpc) is 2.90. The van der Waals surface area contributed by atoms with Crippen molar-refractivity contribution >= 4 is 39.6 Å². The zero-order valence-corrected chi connectivity index (χ0v) is 13.5. The summed E-state index contributed by atoms with van der Waals surface area (Å²) >= 11 is 4.82. The van der Waals surface area contributed by atoms with E-state index in [2.05, 4.69) is 15.9 Å². The lowest BCUT2D eigenvalue weighted by atomic mass is 10.2. The summed E-state index contributed by atoms with van der Waals surface area (Å²) in [7, 11) is 0. The van der Waals surface area contributed by atoms with Crippen molar-refractivity contribution < 1.29 is 14.7 Å². The molecule has 2 rings (SSSR count). The van der Waals surface area contributed by atoms with Gasteiger partial charge in [-0.2, -0.15) is 0 Å². The van der Waals surface area contributed by atoms with Gasteiger partial charge in [-0.3, -0.25) is 4.79 Å². The molecule has 0 saturated carbocycles. The smallest absolute Gasteiger partial charge is 0.326 e. The van der Waals surface area contributed by atoms with Crippen molar-refractivity contribution in [3.05, 3.63) is 28.7 Å². The molecule has 1 aromatic carbocycles. The number of thioether (sulfide) groups is 1. The standard InChI is InChI=1S/C14H16BrNO3S/c1-9(20-11-6-4-10(15)5-7-11)13(17)16-8-2-3-12(16)14(18)19/h4-7,9,12H,2-3,8H2,1H3,(H,18,19)/t9?,12-/m1/s1. The van der Waals surface area contributed by atoms with Crippen LogP contribution in [-0.2, 0) is 9.59 Å². The largest absolute Gasteiger partial charge is 0.480 e. The zero-order valence-electron chi connectivity index (χ0n) is 11.1. The predicted octanol–water partition coefficient (Wildman–Crippen LogP) is 3.01. The van der Waals surface area contributed by atoms with Crippen molar-refractivity contribution in [3.8, 4) is 0 Å². The molecule has 1 aliphatic rings. The van der Waals surface area contributed by atoms with Gasteiger partial charge in [0.2, 0.25) is 5.91 Å². The fourth-order valence-corrected chi connectivity index (χ4v) is 3.49. The molecule has 1 aliphatic heterocycles. The van der Waals surface area contributed by atoms with E-state index in [-0.39, 0.29) is 11.2 Å². The second-order valence-corrected chi connectivity index (χ2v) is 7.07. The van der Waals surface area contributed by atoms with Gasteiger partial charge in [0.25, 0.3) is 0 Å². The number of hydrogen-bond acceptors (Lipinski definition) is 3. The first-order valence-corrected chi connectivity index (χ1v) is 8.12. The highest BCUT2D eigenvalue weighted by Gasteiger charge is 2.35. The van der Waals surface area contributed by atoms with Crippen LogP contribution in [0.2, 0.25) is 0 Å². The van der Waals surface area contributed by atoms with Gasteiger partial charge in [0.1, 0.15) is 6.04 Å². The Kier molecular flexibility index (Phi) is 5.10. The van der Waals surface area contributed by atoms with Crippen LogP contribution >= 0.6 is 27.7 Å². The van der Waals surface area contributed by atoms with Gasteiger partial charge in [-0.1, -0.05) is 15.9 Å². The molecule has 1 N–H and O–H groups in total. The van der Waals surface area contributed by atoms with Crippen molar-refractivity contribution in [1.82, 2.24) is 4.90 Å². The van der Waals surface area contributed by atoms with Gasteiger partial charge in [-0.25, -0.2) is 4.79 Å². The van der Waals surface area contributed by atoms with Gasteiger partial charge in [0, 0.05) is 15.9 Å². The maximum atomic E-state index is 12.4. The monoisotopic (exact) mass is 357 g/mol. The summed E-state index contributed by atoms with van der Waals surface area (Å²) in [5.74, 6) is -1.00. The second kappa shape index (κ2) is 6.63. The van der Waals surface area contributed by atoms with Gasteiger partial charge in [0.05, 0.1) is 5.25 Å². The molecule has 1 fully saturated rings. The van der Waals surface area contributed by atoms with Gasteiger partial charge >= 0.3 is 5.97 Å². The number of nitrogens with zero attached hydrogens (tertiary/aromatic N) is 1. The fourth-order valence-electron chi connectivity index (χ4n) is 2.29. The van der Waals surface area contributed by atoms with E-state index in [9.17, 15) is 9.59 Å². The van der Waals surface area contributed by atoms with Crippen molar-refractivity contribution in [1.29, 1.82) is 0 Å². The lowest BCUT2D eigenvalue weighted by Gasteiger charge is -2.24.